The second-order valence-corrected chi connectivity index (χ2v) is 8.60. The smallest absolute Gasteiger partial charge is 0.300 e. The molecule has 186 valence electrons. The second kappa shape index (κ2) is 14.8. The van der Waals surface area contributed by atoms with Crippen LogP contribution in [0.4, 0.5) is 0 Å². The highest BCUT2D eigenvalue weighted by Gasteiger charge is 2.21. The summed E-state index contributed by atoms with van der Waals surface area (Å²) >= 11 is 0. The summed E-state index contributed by atoms with van der Waals surface area (Å²) in [5.74, 6) is -0.908. The number of hydrogen-bond acceptors (Lipinski definition) is 5. The van der Waals surface area contributed by atoms with Gasteiger partial charge in [-0.05, 0) is 81.9 Å². The van der Waals surface area contributed by atoms with E-state index in [1.165, 1.54) is 12.0 Å². The molecule has 0 radical (unpaired) electrons. The minimum atomic E-state index is -0.833. The number of aliphatic carboxylic acids is 2. The molecule has 2 heterocycles. The molecule has 3 rings (SSSR count). The Hall–Kier alpha value is -3.26. The van der Waals surface area contributed by atoms with Gasteiger partial charge in [0.2, 0.25) is 0 Å². The quantitative estimate of drug-likeness (QED) is 0.586. The standard InChI is InChI=1S/C22H29N3O.2C2H4O2/c1-16(2)25(15-21-17(3)6-5-10-24-21)22(26)20-8-4-7-18(13-20)12-19-9-11-23-14-19;2*1-2(3)4/h4-8,10,13,16,19,23H,9,11-12,14-15H2,1-3H3;2*1H3,(H,3,4). The first-order valence-electron chi connectivity index (χ1n) is 11.4. The summed E-state index contributed by atoms with van der Waals surface area (Å²) in [6.07, 6.45) is 4.05. The third-order valence-corrected chi connectivity index (χ3v) is 5.18. The fourth-order valence-electron chi connectivity index (χ4n) is 3.55. The van der Waals surface area contributed by atoms with E-state index in [0.29, 0.717) is 12.5 Å². The van der Waals surface area contributed by atoms with E-state index in [4.69, 9.17) is 19.8 Å². The Labute approximate surface area is 202 Å². The van der Waals surface area contributed by atoms with Crippen molar-refractivity contribution in [3.05, 3.63) is 65.0 Å². The Morgan fingerprint density at radius 2 is 1.76 bits per heavy atom. The van der Waals surface area contributed by atoms with Gasteiger partial charge in [-0.25, -0.2) is 0 Å². The molecule has 1 aliphatic rings. The summed E-state index contributed by atoms with van der Waals surface area (Å²) < 4.78 is 0. The van der Waals surface area contributed by atoms with Gasteiger partial charge < -0.3 is 20.4 Å². The van der Waals surface area contributed by atoms with Crippen LogP contribution in [0.2, 0.25) is 0 Å². The molecule has 8 nitrogen and oxygen atoms in total. The van der Waals surface area contributed by atoms with Crippen LogP contribution < -0.4 is 5.32 Å². The lowest BCUT2D eigenvalue weighted by atomic mass is 9.97. The fraction of sp³-hybridized carbons (Fsp3) is 0.462. The average Bonchev–Trinajstić information content (AvgIpc) is 3.25. The predicted molar refractivity (Wildman–Crippen MR) is 132 cm³/mol. The molecule has 0 bridgehead atoms. The number of amides is 1. The average molecular weight is 472 g/mol. The number of carboxylic acids is 2. The highest BCUT2D eigenvalue weighted by molar-refractivity contribution is 5.94. The SMILES string of the molecule is CC(=O)O.CC(=O)O.Cc1cccnc1CN(C(=O)c1cccc(CC2CCNC2)c1)C(C)C. The van der Waals surface area contributed by atoms with Gasteiger partial charge in [0.25, 0.3) is 17.8 Å². The molecular formula is C26H37N3O5. The van der Waals surface area contributed by atoms with Crippen LogP contribution in [-0.4, -0.2) is 57.1 Å². The van der Waals surface area contributed by atoms with Crippen molar-refractivity contribution in [3.63, 3.8) is 0 Å². The first kappa shape index (κ1) is 28.8. The first-order valence-corrected chi connectivity index (χ1v) is 11.4. The topological polar surface area (TPSA) is 120 Å². The van der Waals surface area contributed by atoms with Crippen LogP contribution in [0, 0.1) is 12.8 Å². The Kier molecular flexibility index (Phi) is 12.5. The number of aryl methyl sites for hydroxylation is 1. The Bertz CT molecular complexity index is 920. The van der Waals surface area contributed by atoms with E-state index in [-0.39, 0.29) is 11.9 Å². The van der Waals surface area contributed by atoms with E-state index in [2.05, 4.69) is 36.3 Å². The molecule has 1 aliphatic heterocycles. The number of pyridine rings is 1. The summed E-state index contributed by atoms with van der Waals surface area (Å²) in [5, 5.41) is 18.2. The van der Waals surface area contributed by atoms with Crippen molar-refractivity contribution < 1.29 is 24.6 Å². The summed E-state index contributed by atoms with van der Waals surface area (Å²) in [7, 11) is 0. The number of rotatable bonds is 6. The van der Waals surface area contributed by atoms with Crippen molar-refractivity contribution in [2.24, 2.45) is 5.92 Å². The summed E-state index contributed by atoms with van der Waals surface area (Å²) in [6, 6.07) is 12.2. The van der Waals surface area contributed by atoms with E-state index < -0.39 is 11.9 Å². The molecule has 3 N–H and O–H groups in total. The zero-order valence-corrected chi connectivity index (χ0v) is 20.7. The highest BCUT2D eigenvalue weighted by Crippen LogP contribution is 2.19. The number of hydrogen-bond donors (Lipinski definition) is 3. The largest absolute Gasteiger partial charge is 0.481 e. The minimum Gasteiger partial charge on any atom is -0.481 e. The van der Waals surface area contributed by atoms with Gasteiger partial charge in [-0.1, -0.05) is 18.2 Å². The van der Waals surface area contributed by atoms with Gasteiger partial charge in [-0.15, -0.1) is 0 Å². The molecule has 0 saturated carbocycles. The van der Waals surface area contributed by atoms with Gasteiger partial charge in [0.1, 0.15) is 0 Å². The normalized spacial score (nSPS) is 14.4. The number of nitrogens with one attached hydrogen (secondary N) is 1. The molecule has 1 fully saturated rings. The molecule has 1 unspecified atom stereocenters. The van der Waals surface area contributed by atoms with Gasteiger partial charge in [0.15, 0.2) is 0 Å². The van der Waals surface area contributed by atoms with Crippen molar-refractivity contribution in [2.45, 2.75) is 60.0 Å². The predicted octanol–water partition coefficient (Wildman–Crippen LogP) is 3.77. The van der Waals surface area contributed by atoms with E-state index in [9.17, 15) is 4.79 Å². The molecule has 1 aromatic carbocycles. The van der Waals surface area contributed by atoms with Crippen molar-refractivity contribution in [1.29, 1.82) is 0 Å². The number of aromatic nitrogens is 1. The Balaban J connectivity index is 0.000000629. The molecule has 0 aliphatic carbocycles. The molecule has 1 amide bonds. The lowest BCUT2D eigenvalue weighted by molar-refractivity contribution is -0.135. The zero-order valence-electron chi connectivity index (χ0n) is 20.7. The van der Waals surface area contributed by atoms with Gasteiger partial charge in [-0.2, -0.15) is 0 Å². The van der Waals surface area contributed by atoms with Crippen LogP contribution in [0.5, 0.6) is 0 Å². The molecule has 34 heavy (non-hydrogen) atoms. The summed E-state index contributed by atoms with van der Waals surface area (Å²) in [4.78, 5) is 37.5. The molecule has 0 spiro atoms. The van der Waals surface area contributed by atoms with Crippen molar-refractivity contribution in [3.8, 4) is 0 Å². The molecule has 1 aromatic heterocycles. The zero-order chi connectivity index (χ0) is 25.7. The maximum absolute atomic E-state index is 13.2. The molecular weight excluding hydrogens is 434 g/mol. The number of carboxylic acid groups (broad SMARTS) is 2. The summed E-state index contributed by atoms with van der Waals surface area (Å²) in [5.41, 5.74) is 4.11. The number of benzene rings is 1. The van der Waals surface area contributed by atoms with Crippen LogP contribution in [0.25, 0.3) is 0 Å². The molecule has 1 saturated heterocycles. The number of carbonyl (C=O) groups is 3. The van der Waals surface area contributed by atoms with Gasteiger partial charge in [0.05, 0.1) is 12.2 Å². The van der Waals surface area contributed by atoms with E-state index in [1.54, 1.807) is 6.20 Å². The van der Waals surface area contributed by atoms with E-state index >= 15 is 0 Å². The van der Waals surface area contributed by atoms with Crippen LogP contribution in [0.3, 0.4) is 0 Å². The Morgan fingerprint density at radius 1 is 1.12 bits per heavy atom. The maximum Gasteiger partial charge on any atom is 0.300 e. The lowest BCUT2D eigenvalue weighted by Crippen LogP contribution is -2.37. The van der Waals surface area contributed by atoms with Crippen LogP contribution in [0.1, 0.15) is 61.3 Å². The van der Waals surface area contributed by atoms with Crippen molar-refractivity contribution in [2.75, 3.05) is 13.1 Å². The van der Waals surface area contributed by atoms with Gasteiger partial charge in [0, 0.05) is 31.6 Å². The van der Waals surface area contributed by atoms with E-state index in [1.807, 2.05) is 36.1 Å². The monoisotopic (exact) mass is 471 g/mol. The number of nitrogens with zero attached hydrogens (tertiary/aromatic N) is 2. The molecule has 1 atom stereocenters. The summed E-state index contributed by atoms with van der Waals surface area (Å²) in [6.45, 7) is 11.1. The van der Waals surface area contributed by atoms with Crippen LogP contribution in [-0.2, 0) is 22.6 Å². The van der Waals surface area contributed by atoms with Crippen molar-refractivity contribution >= 4 is 17.8 Å². The number of carbonyl (C=O) groups excluding carboxylic acids is 1. The van der Waals surface area contributed by atoms with E-state index in [0.717, 1.165) is 50.2 Å². The maximum atomic E-state index is 13.2. The van der Waals surface area contributed by atoms with Crippen molar-refractivity contribution in [1.82, 2.24) is 15.2 Å². The second-order valence-electron chi connectivity index (χ2n) is 8.60. The van der Waals surface area contributed by atoms with Crippen LogP contribution >= 0.6 is 0 Å². The minimum absolute atomic E-state index is 0.0800. The third kappa shape index (κ3) is 11.0. The fourth-order valence-corrected chi connectivity index (χ4v) is 3.55. The lowest BCUT2D eigenvalue weighted by Gasteiger charge is -2.27. The Morgan fingerprint density at radius 3 is 2.29 bits per heavy atom. The highest BCUT2D eigenvalue weighted by atomic mass is 16.4. The first-order chi connectivity index (χ1) is 16.0. The van der Waals surface area contributed by atoms with Gasteiger partial charge in [-0.3, -0.25) is 19.4 Å². The van der Waals surface area contributed by atoms with Crippen LogP contribution in [0.15, 0.2) is 42.6 Å². The van der Waals surface area contributed by atoms with Gasteiger partial charge >= 0.3 is 0 Å². The molecule has 8 heteroatoms. The third-order valence-electron chi connectivity index (χ3n) is 5.18. The molecule has 2 aromatic rings.